The molecule has 214 valence electrons. The van der Waals surface area contributed by atoms with Crippen LogP contribution in [0.5, 0.6) is 5.75 Å². The van der Waals surface area contributed by atoms with Crippen molar-refractivity contribution in [2.75, 3.05) is 5.32 Å². The third-order valence-electron chi connectivity index (χ3n) is 9.36. The number of hydrogen-bond donors (Lipinski definition) is 3. The van der Waals surface area contributed by atoms with Crippen molar-refractivity contribution in [1.82, 2.24) is 4.72 Å². The van der Waals surface area contributed by atoms with Crippen LogP contribution in [0.3, 0.4) is 0 Å². The fourth-order valence-corrected chi connectivity index (χ4v) is 8.31. The maximum Gasteiger partial charge on any atom is 0.457 e. The summed E-state index contributed by atoms with van der Waals surface area (Å²) in [6, 6.07) is 6.74. The standard InChI is InChI=1S/C31H41BN2O5S/c1-30(2)15-14-27-31(3,19-30)39-32(38-27)16-6-9-22-18-23(12-13-26(22)35)40(37)34-29(36)33-28-24-10-4-7-20(24)17-21-8-5-11-25(21)28/h12-13,17-18,27,35H,4-11,14-16,19H2,1-3H3,(H2,33,34,36). The van der Waals surface area contributed by atoms with E-state index in [0.29, 0.717) is 16.9 Å². The molecule has 3 unspecified atom stereocenters. The predicted octanol–water partition coefficient (Wildman–Crippen LogP) is 6.02. The second-order valence-corrected chi connectivity index (χ2v) is 14.3. The van der Waals surface area contributed by atoms with Gasteiger partial charge < -0.3 is 19.7 Å². The maximum atomic E-state index is 13.1. The van der Waals surface area contributed by atoms with Crippen molar-refractivity contribution in [3.8, 4) is 5.75 Å². The molecule has 3 aliphatic carbocycles. The molecule has 1 saturated heterocycles. The van der Waals surface area contributed by atoms with Crippen molar-refractivity contribution in [1.29, 1.82) is 0 Å². The van der Waals surface area contributed by atoms with Crippen LogP contribution in [0.25, 0.3) is 0 Å². The topological polar surface area (TPSA) is 96.9 Å². The number of benzene rings is 2. The van der Waals surface area contributed by atoms with E-state index in [4.69, 9.17) is 9.31 Å². The van der Waals surface area contributed by atoms with Gasteiger partial charge in [0.1, 0.15) is 5.75 Å². The van der Waals surface area contributed by atoms with Gasteiger partial charge in [-0.1, -0.05) is 26.3 Å². The summed E-state index contributed by atoms with van der Waals surface area (Å²) in [7, 11) is -1.99. The lowest BCUT2D eigenvalue weighted by Gasteiger charge is -2.43. The predicted molar refractivity (Wildman–Crippen MR) is 158 cm³/mol. The van der Waals surface area contributed by atoms with E-state index in [9.17, 15) is 14.1 Å². The number of aryl methyl sites for hydroxylation is 3. The van der Waals surface area contributed by atoms with E-state index in [1.807, 2.05) is 0 Å². The molecule has 2 aromatic rings. The van der Waals surface area contributed by atoms with E-state index < -0.39 is 17.0 Å². The number of anilines is 1. The summed E-state index contributed by atoms with van der Waals surface area (Å²) in [5.74, 6) is 0.163. The van der Waals surface area contributed by atoms with Crippen LogP contribution < -0.4 is 10.0 Å². The normalized spacial score (nSPS) is 25.3. The molecule has 40 heavy (non-hydrogen) atoms. The zero-order valence-corrected chi connectivity index (χ0v) is 24.8. The Bertz CT molecular complexity index is 1320. The number of urea groups is 1. The molecule has 2 fully saturated rings. The minimum absolute atomic E-state index is 0.139. The second kappa shape index (κ2) is 10.8. The average Bonchev–Trinajstić information content (AvgIpc) is 3.62. The molecule has 0 aromatic heterocycles. The summed E-state index contributed by atoms with van der Waals surface area (Å²) in [6.07, 6.45) is 11.6. The van der Waals surface area contributed by atoms with Crippen molar-refractivity contribution in [2.24, 2.45) is 5.41 Å². The quantitative estimate of drug-likeness (QED) is 0.358. The Morgan fingerprint density at radius 3 is 2.55 bits per heavy atom. The summed E-state index contributed by atoms with van der Waals surface area (Å²) in [5.41, 5.74) is 6.80. The zero-order valence-electron chi connectivity index (χ0n) is 23.9. The first-order valence-electron chi connectivity index (χ1n) is 14.9. The van der Waals surface area contributed by atoms with E-state index in [1.165, 1.54) is 22.3 Å². The minimum Gasteiger partial charge on any atom is -0.508 e. The van der Waals surface area contributed by atoms with Crippen LogP contribution in [0.2, 0.25) is 6.32 Å². The number of carbonyl (C=O) groups excluding carboxylic acids is 1. The Hall–Kier alpha value is -2.36. The Labute approximate surface area is 240 Å². The summed E-state index contributed by atoms with van der Waals surface area (Å²) in [5, 5.41) is 13.5. The summed E-state index contributed by atoms with van der Waals surface area (Å²) in [6.45, 7) is 6.76. The summed E-state index contributed by atoms with van der Waals surface area (Å²) in [4.78, 5) is 13.4. The van der Waals surface area contributed by atoms with Crippen molar-refractivity contribution in [2.45, 2.75) is 114 Å². The first-order chi connectivity index (χ1) is 19.1. The van der Waals surface area contributed by atoms with E-state index in [2.05, 4.69) is 36.9 Å². The number of aromatic hydroxyl groups is 1. The molecule has 1 heterocycles. The molecule has 1 saturated carbocycles. The van der Waals surface area contributed by atoms with Crippen molar-refractivity contribution < 1.29 is 23.4 Å². The fraction of sp³-hybridized carbons (Fsp3) is 0.581. The fourth-order valence-electron chi connectivity index (χ4n) is 7.53. The van der Waals surface area contributed by atoms with Crippen LogP contribution in [-0.4, -0.2) is 34.2 Å². The van der Waals surface area contributed by atoms with Gasteiger partial charge in [0.15, 0.2) is 11.0 Å². The van der Waals surface area contributed by atoms with Crippen LogP contribution in [0, 0.1) is 5.41 Å². The van der Waals surface area contributed by atoms with E-state index in [-0.39, 0.29) is 30.0 Å². The minimum atomic E-state index is -1.75. The van der Waals surface area contributed by atoms with E-state index >= 15 is 0 Å². The Morgan fingerprint density at radius 2 is 1.82 bits per heavy atom. The molecule has 0 spiro atoms. The molecule has 4 aliphatic rings. The van der Waals surface area contributed by atoms with Gasteiger partial charge in [0, 0.05) is 5.69 Å². The molecular weight excluding hydrogens is 523 g/mol. The van der Waals surface area contributed by atoms with E-state index in [0.717, 1.165) is 76.2 Å². The summed E-state index contributed by atoms with van der Waals surface area (Å²) < 4.78 is 28.4. The highest BCUT2D eigenvalue weighted by Gasteiger charge is 2.52. The molecule has 2 amide bonds. The maximum absolute atomic E-state index is 13.1. The Kier molecular flexibility index (Phi) is 7.51. The van der Waals surface area contributed by atoms with Crippen LogP contribution in [0.15, 0.2) is 29.2 Å². The largest absolute Gasteiger partial charge is 0.508 e. The number of rotatable bonds is 7. The van der Waals surface area contributed by atoms with Gasteiger partial charge in [-0.15, -0.1) is 0 Å². The highest BCUT2D eigenvalue weighted by molar-refractivity contribution is 7.83. The van der Waals surface area contributed by atoms with E-state index in [1.54, 1.807) is 18.2 Å². The number of amides is 2. The van der Waals surface area contributed by atoms with Gasteiger partial charge in [-0.25, -0.2) is 9.00 Å². The van der Waals surface area contributed by atoms with Gasteiger partial charge in [0.05, 0.1) is 16.6 Å². The molecule has 3 N–H and O–H groups in total. The van der Waals surface area contributed by atoms with Crippen LogP contribution >= 0.6 is 0 Å². The number of fused-ring (bicyclic) bond motifs is 3. The number of nitrogens with one attached hydrogen (secondary N) is 2. The zero-order chi connectivity index (χ0) is 28.1. The van der Waals surface area contributed by atoms with Gasteiger partial charge in [0.2, 0.25) is 0 Å². The lowest BCUT2D eigenvalue weighted by molar-refractivity contribution is -0.0297. The monoisotopic (exact) mass is 564 g/mol. The molecule has 6 rings (SSSR count). The molecule has 0 radical (unpaired) electrons. The van der Waals surface area contributed by atoms with Gasteiger partial charge >= 0.3 is 13.1 Å². The highest BCUT2D eigenvalue weighted by Crippen LogP contribution is 2.48. The molecule has 7 nitrogen and oxygen atoms in total. The lowest BCUT2D eigenvalue weighted by Crippen LogP contribution is -2.45. The molecule has 2 aromatic carbocycles. The van der Waals surface area contributed by atoms with Crippen LogP contribution in [-0.2, 0) is 52.4 Å². The molecule has 0 bridgehead atoms. The number of phenolic OH excluding ortho intramolecular Hbond substituents is 1. The van der Waals surface area contributed by atoms with Crippen molar-refractivity contribution in [3.63, 3.8) is 0 Å². The Morgan fingerprint density at radius 1 is 1.10 bits per heavy atom. The summed E-state index contributed by atoms with van der Waals surface area (Å²) >= 11 is 0. The van der Waals surface area contributed by atoms with Gasteiger partial charge in [-0.05, 0) is 129 Å². The third-order valence-corrected chi connectivity index (χ3v) is 10.4. The number of phenols is 1. The third kappa shape index (κ3) is 5.57. The molecular formula is C31H41BN2O5S. The Balaban J connectivity index is 1.05. The van der Waals surface area contributed by atoms with Gasteiger partial charge in [-0.2, -0.15) is 0 Å². The molecule has 9 heteroatoms. The van der Waals surface area contributed by atoms with Gasteiger partial charge in [-0.3, -0.25) is 4.72 Å². The van der Waals surface area contributed by atoms with Crippen molar-refractivity contribution >= 4 is 29.8 Å². The molecule has 1 aliphatic heterocycles. The number of hydrogen-bond acceptors (Lipinski definition) is 5. The second-order valence-electron chi connectivity index (χ2n) is 13.1. The average molecular weight is 565 g/mol. The van der Waals surface area contributed by atoms with Crippen LogP contribution in [0.1, 0.15) is 87.1 Å². The SMILES string of the molecule is CC1(C)CCC2OB(CCCc3cc(S(=O)NC(=O)Nc4c5c(cc6c4CCC6)CCC5)ccc3O)OC2(C)C1. The first-order valence-corrected chi connectivity index (χ1v) is 16.1. The van der Waals surface area contributed by atoms with Gasteiger partial charge in [0.25, 0.3) is 0 Å². The number of carbonyl (C=O) groups is 1. The smallest absolute Gasteiger partial charge is 0.457 e. The lowest BCUT2D eigenvalue weighted by atomic mass is 9.69. The highest BCUT2D eigenvalue weighted by atomic mass is 32.2. The van der Waals surface area contributed by atoms with Crippen LogP contribution in [0.4, 0.5) is 10.5 Å². The van der Waals surface area contributed by atoms with Crippen molar-refractivity contribution in [3.05, 3.63) is 52.1 Å². The molecule has 3 atom stereocenters. The first kappa shape index (κ1) is 27.8.